The number of anilines is 1. The summed E-state index contributed by atoms with van der Waals surface area (Å²) in [4.78, 5) is 19.6. The first-order valence-electron chi connectivity index (χ1n) is 7.61. The van der Waals surface area contributed by atoms with Crippen LogP contribution in [0.3, 0.4) is 0 Å². The number of hydrogen-bond acceptors (Lipinski definition) is 5. The van der Waals surface area contributed by atoms with Gasteiger partial charge in [0.25, 0.3) is 0 Å². The summed E-state index contributed by atoms with van der Waals surface area (Å²) in [5.74, 6) is 0.802. The van der Waals surface area contributed by atoms with E-state index in [1.165, 1.54) is 0 Å². The average molecular weight is 316 g/mol. The van der Waals surface area contributed by atoms with Gasteiger partial charge in [-0.05, 0) is 36.4 Å². The third-order valence-electron chi connectivity index (χ3n) is 3.86. The van der Waals surface area contributed by atoms with Crippen molar-refractivity contribution in [3.05, 3.63) is 61.2 Å². The zero-order valence-corrected chi connectivity index (χ0v) is 13.5. The van der Waals surface area contributed by atoms with Gasteiger partial charge >= 0.3 is 0 Å². The summed E-state index contributed by atoms with van der Waals surface area (Å²) >= 11 is 0. The molecular formula is C18H16N6. The van der Waals surface area contributed by atoms with E-state index in [-0.39, 0.29) is 0 Å². The lowest BCUT2D eigenvalue weighted by Crippen LogP contribution is -2.08. The maximum atomic E-state index is 4.67. The minimum Gasteiger partial charge on any atom is -0.378 e. The van der Waals surface area contributed by atoms with Crippen LogP contribution in [-0.2, 0) is 0 Å². The van der Waals surface area contributed by atoms with Crippen molar-refractivity contribution in [1.29, 1.82) is 0 Å². The van der Waals surface area contributed by atoms with E-state index in [1.807, 2.05) is 30.8 Å². The Morgan fingerprint density at radius 2 is 1.54 bits per heavy atom. The van der Waals surface area contributed by atoms with E-state index in [1.54, 1.807) is 24.8 Å². The van der Waals surface area contributed by atoms with Gasteiger partial charge in [-0.2, -0.15) is 0 Å². The Bertz CT molecular complexity index is 974. The molecule has 24 heavy (non-hydrogen) atoms. The van der Waals surface area contributed by atoms with Crippen LogP contribution in [0.25, 0.3) is 28.4 Å². The maximum absolute atomic E-state index is 4.67. The molecule has 0 radical (unpaired) electrons. The predicted molar refractivity (Wildman–Crippen MR) is 94.2 cm³/mol. The minimum atomic E-state index is 0.626. The van der Waals surface area contributed by atoms with E-state index in [2.05, 4.69) is 49.1 Å². The summed E-state index contributed by atoms with van der Waals surface area (Å²) in [6, 6.07) is 12.2. The molecule has 0 fully saturated rings. The Labute approximate surface area is 139 Å². The molecule has 0 amide bonds. The van der Waals surface area contributed by atoms with Gasteiger partial charge in [-0.3, -0.25) is 9.55 Å². The molecule has 0 bridgehead atoms. The van der Waals surface area contributed by atoms with Crippen LogP contribution in [0.4, 0.5) is 5.69 Å². The van der Waals surface area contributed by atoms with E-state index in [0.717, 1.165) is 28.4 Å². The fraction of sp³-hybridized carbons (Fsp3) is 0.111. The molecule has 0 atom stereocenters. The van der Waals surface area contributed by atoms with Crippen LogP contribution in [0.1, 0.15) is 0 Å². The largest absolute Gasteiger partial charge is 0.378 e. The molecule has 4 rings (SSSR count). The Kier molecular flexibility index (Phi) is 3.42. The second-order valence-corrected chi connectivity index (χ2v) is 5.62. The molecule has 0 unspecified atom stereocenters. The highest BCUT2D eigenvalue weighted by Crippen LogP contribution is 2.27. The normalized spacial score (nSPS) is 10.9. The van der Waals surface area contributed by atoms with Gasteiger partial charge in [-0.25, -0.2) is 15.0 Å². The molecule has 0 spiro atoms. The lowest BCUT2D eigenvalue weighted by Gasteiger charge is -2.14. The van der Waals surface area contributed by atoms with Crippen LogP contribution < -0.4 is 4.90 Å². The zero-order chi connectivity index (χ0) is 16.5. The highest BCUT2D eigenvalue weighted by molar-refractivity contribution is 5.77. The van der Waals surface area contributed by atoms with E-state index in [9.17, 15) is 0 Å². The number of rotatable bonds is 3. The SMILES string of the molecule is CN(C)c1ccc(-n2c(-c3ccncc3)nc3nccnc32)cc1. The lowest BCUT2D eigenvalue weighted by atomic mass is 10.2. The third kappa shape index (κ3) is 2.38. The monoisotopic (exact) mass is 316 g/mol. The molecule has 0 aliphatic heterocycles. The number of hydrogen-bond donors (Lipinski definition) is 0. The summed E-state index contributed by atoms with van der Waals surface area (Å²) in [5.41, 5.74) is 4.47. The van der Waals surface area contributed by atoms with Gasteiger partial charge in [0.05, 0.1) is 0 Å². The maximum Gasteiger partial charge on any atom is 0.198 e. The molecule has 0 aliphatic rings. The second kappa shape index (κ2) is 5.73. The lowest BCUT2D eigenvalue weighted by molar-refractivity contribution is 1.07. The smallest absolute Gasteiger partial charge is 0.198 e. The van der Waals surface area contributed by atoms with E-state index >= 15 is 0 Å². The molecule has 3 aromatic heterocycles. The molecule has 0 N–H and O–H groups in total. The first-order chi connectivity index (χ1) is 11.7. The molecule has 0 saturated heterocycles. The van der Waals surface area contributed by atoms with E-state index in [4.69, 9.17) is 0 Å². The van der Waals surface area contributed by atoms with Gasteiger partial charge in [0.15, 0.2) is 11.3 Å². The zero-order valence-electron chi connectivity index (χ0n) is 13.5. The van der Waals surface area contributed by atoms with Crippen LogP contribution in [0.2, 0.25) is 0 Å². The summed E-state index contributed by atoms with van der Waals surface area (Å²) in [6.07, 6.45) is 6.86. The Morgan fingerprint density at radius 3 is 2.25 bits per heavy atom. The first-order valence-corrected chi connectivity index (χ1v) is 7.61. The number of pyridine rings is 1. The van der Waals surface area contributed by atoms with Crippen molar-refractivity contribution in [2.24, 2.45) is 0 Å². The molecule has 0 aliphatic carbocycles. The highest BCUT2D eigenvalue weighted by atomic mass is 15.2. The van der Waals surface area contributed by atoms with Crippen molar-refractivity contribution < 1.29 is 0 Å². The second-order valence-electron chi connectivity index (χ2n) is 5.62. The molecule has 3 heterocycles. The topological polar surface area (TPSA) is 59.7 Å². The molecule has 6 heteroatoms. The summed E-state index contributed by atoms with van der Waals surface area (Å²) in [5, 5.41) is 0. The molecule has 1 aromatic carbocycles. The summed E-state index contributed by atoms with van der Waals surface area (Å²) in [7, 11) is 4.05. The van der Waals surface area contributed by atoms with Gasteiger partial charge in [0, 0.05) is 55.8 Å². The van der Waals surface area contributed by atoms with Crippen LogP contribution in [0.15, 0.2) is 61.2 Å². The minimum absolute atomic E-state index is 0.626. The third-order valence-corrected chi connectivity index (χ3v) is 3.86. The van der Waals surface area contributed by atoms with Crippen LogP contribution >= 0.6 is 0 Å². The van der Waals surface area contributed by atoms with Gasteiger partial charge in [0.1, 0.15) is 5.82 Å². The van der Waals surface area contributed by atoms with Crippen molar-refractivity contribution in [3.8, 4) is 17.1 Å². The summed E-state index contributed by atoms with van der Waals surface area (Å²) in [6.45, 7) is 0. The molecular weight excluding hydrogens is 300 g/mol. The van der Waals surface area contributed by atoms with Gasteiger partial charge in [0.2, 0.25) is 0 Å². The van der Waals surface area contributed by atoms with E-state index < -0.39 is 0 Å². The first kappa shape index (κ1) is 14.3. The van der Waals surface area contributed by atoms with Crippen molar-refractivity contribution in [2.75, 3.05) is 19.0 Å². The van der Waals surface area contributed by atoms with Crippen LogP contribution in [-0.4, -0.2) is 38.6 Å². The van der Waals surface area contributed by atoms with Gasteiger partial charge < -0.3 is 4.90 Å². The fourth-order valence-corrected chi connectivity index (χ4v) is 2.65. The average Bonchev–Trinajstić information content (AvgIpc) is 3.02. The Balaban J connectivity index is 1.96. The van der Waals surface area contributed by atoms with E-state index in [0.29, 0.717) is 5.65 Å². The number of aromatic nitrogens is 5. The van der Waals surface area contributed by atoms with Crippen LogP contribution in [0, 0.1) is 0 Å². The van der Waals surface area contributed by atoms with Gasteiger partial charge in [-0.1, -0.05) is 0 Å². The summed E-state index contributed by atoms with van der Waals surface area (Å²) < 4.78 is 2.02. The quantitative estimate of drug-likeness (QED) is 0.581. The van der Waals surface area contributed by atoms with Crippen molar-refractivity contribution >= 4 is 17.0 Å². The predicted octanol–water partition coefficient (Wildman–Crippen LogP) is 2.94. The van der Waals surface area contributed by atoms with Crippen LogP contribution in [0.5, 0.6) is 0 Å². The van der Waals surface area contributed by atoms with Crippen molar-refractivity contribution in [1.82, 2.24) is 24.5 Å². The Hall–Kier alpha value is -3.28. The number of fused-ring (bicyclic) bond motifs is 1. The fourth-order valence-electron chi connectivity index (χ4n) is 2.65. The number of imidazole rings is 1. The Morgan fingerprint density at radius 1 is 0.833 bits per heavy atom. The van der Waals surface area contributed by atoms with Crippen molar-refractivity contribution in [3.63, 3.8) is 0 Å². The molecule has 118 valence electrons. The molecule has 0 saturated carbocycles. The van der Waals surface area contributed by atoms with Crippen molar-refractivity contribution in [2.45, 2.75) is 0 Å². The molecule has 6 nitrogen and oxygen atoms in total. The number of nitrogens with zero attached hydrogens (tertiary/aromatic N) is 6. The standard InChI is InChI=1S/C18H16N6/c1-23(2)14-3-5-15(6-4-14)24-17(13-7-9-19-10-8-13)22-16-18(24)21-12-11-20-16/h3-12H,1-2H3. The van der Waals surface area contributed by atoms with Gasteiger partial charge in [-0.15, -0.1) is 0 Å². The molecule has 4 aromatic rings. The highest BCUT2D eigenvalue weighted by Gasteiger charge is 2.15. The number of benzene rings is 1.